The van der Waals surface area contributed by atoms with Crippen molar-refractivity contribution in [3.63, 3.8) is 0 Å². The van der Waals surface area contributed by atoms with E-state index in [0.29, 0.717) is 11.6 Å². The minimum atomic E-state index is 0.141. The van der Waals surface area contributed by atoms with E-state index in [1.807, 2.05) is 6.34 Å². The molecule has 0 aliphatic carbocycles. The van der Waals surface area contributed by atoms with E-state index in [0.717, 1.165) is 19.4 Å². The quantitative estimate of drug-likeness (QED) is 0.750. The van der Waals surface area contributed by atoms with Crippen LogP contribution in [0.5, 0.6) is 0 Å². The van der Waals surface area contributed by atoms with Gasteiger partial charge in [-0.3, -0.25) is 5.01 Å². The summed E-state index contributed by atoms with van der Waals surface area (Å²) in [5.41, 5.74) is 0.468. The summed E-state index contributed by atoms with van der Waals surface area (Å²) in [6.07, 6.45) is 4.72. The van der Waals surface area contributed by atoms with Crippen LogP contribution in [-0.2, 0) is 0 Å². The highest BCUT2D eigenvalue weighted by atomic mass is 15.6. The van der Waals surface area contributed by atoms with Crippen LogP contribution in [0.15, 0.2) is 5.10 Å². The molecule has 0 spiro atoms. The molecule has 0 N–H and O–H groups in total. The van der Waals surface area contributed by atoms with Gasteiger partial charge in [-0.1, -0.05) is 27.7 Å². The lowest BCUT2D eigenvalue weighted by Gasteiger charge is -2.41. The van der Waals surface area contributed by atoms with E-state index in [4.69, 9.17) is 0 Å². The van der Waals surface area contributed by atoms with Gasteiger partial charge in [-0.2, -0.15) is 5.10 Å². The topological polar surface area (TPSA) is 18.8 Å². The van der Waals surface area contributed by atoms with E-state index < -0.39 is 0 Å². The minimum absolute atomic E-state index is 0.141. The smallest absolute Gasteiger partial charge is 0.120 e. The molecule has 0 radical (unpaired) electrons. The van der Waals surface area contributed by atoms with Gasteiger partial charge in [0.2, 0.25) is 0 Å². The monoisotopic (exact) mass is 239 g/mol. The molecule has 0 saturated heterocycles. The predicted octanol–water partition coefficient (Wildman–Crippen LogP) is 3.52. The lowest BCUT2D eigenvalue weighted by Crippen LogP contribution is -2.50. The standard InChI is InChI=1S/C14H29N3/c1-8-9-17-12(10-13(2,3)4)16(11-15-17)14(5,6)7/h11-12H,8-10H2,1-7H3. The predicted molar refractivity (Wildman–Crippen MR) is 74.9 cm³/mol. The Morgan fingerprint density at radius 1 is 1.12 bits per heavy atom. The third kappa shape index (κ3) is 3.90. The van der Waals surface area contributed by atoms with Crippen molar-refractivity contribution >= 4 is 6.34 Å². The lowest BCUT2D eigenvalue weighted by molar-refractivity contribution is 0.0447. The lowest BCUT2D eigenvalue weighted by atomic mass is 9.89. The second kappa shape index (κ2) is 4.87. The molecular weight excluding hydrogens is 210 g/mol. The largest absolute Gasteiger partial charge is 0.335 e. The van der Waals surface area contributed by atoms with E-state index in [-0.39, 0.29) is 5.54 Å². The van der Waals surface area contributed by atoms with Gasteiger partial charge in [0.1, 0.15) is 12.5 Å². The summed E-state index contributed by atoms with van der Waals surface area (Å²) < 4.78 is 0. The van der Waals surface area contributed by atoms with Crippen LogP contribution in [0, 0.1) is 5.41 Å². The number of hydrazone groups is 1. The molecule has 0 saturated carbocycles. The molecule has 3 heteroatoms. The van der Waals surface area contributed by atoms with Crippen LogP contribution in [-0.4, -0.2) is 34.5 Å². The van der Waals surface area contributed by atoms with Crippen molar-refractivity contribution < 1.29 is 0 Å². The van der Waals surface area contributed by atoms with Crippen LogP contribution in [0.4, 0.5) is 0 Å². The molecule has 1 rings (SSSR count). The van der Waals surface area contributed by atoms with Crippen molar-refractivity contribution in [1.29, 1.82) is 0 Å². The highest BCUT2D eigenvalue weighted by Crippen LogP contribution is 2.31. The van der Waals surface area contributed by atoms with Crippen molar-refractivity contribution in [2.45, 2.75) is 73.0 Å². The highest BCUT2D eigenvalue weighted by Gasteiger charge is 2.36. The zero-order valence-electron chi connectivity index (χ0n) is 12.6. The minimum Gasteiger partial charge on any atom is -0.335 e. The summed E-state index contributed by atoms with van der Waals surface area (Å²) in [5, 5.41) is 6.82. The molecule has 0 amide bonds. The maximum atomic E-state index is 4.57. The van der Waals surface area contributed by atoms with Crippen molar-refractivity contribution in [3.05, 3.63) is 0 Å². The Bertz CT molecular complexity index is 270. The Balaban J connectivity index is 2.82. The first-order valence-corrected chi connectivity index (χ1v) is 6.74. The zero-order valence-corrected chi connectivity index (χ0v) is 12.6. The summed E-state index contributed by atoms with van der Waals surface area (Å²) in [5.74, 6) is 0. The third-order valence-corrected chi connectivity index (χ3v) is 3.01. The average Bonchev–Trinajstić information content (AvgIpc) is 2.45. The maximum absolute atomic E-state index is 4.57. The second-order valence-corrected chi connectivity index (χ2v) is 7.22. The maximum Gasteiger partial charge on any atom is 0.120 e. The molecule has 1 heterocycles. The van der Waals surface area contributed by atoms with Crippen LogP contribution in [0.3, 0.4) is 0 Å². The number of hydrogen-bond acceptors (Lipinski definition) is 3. The summed E-state index contributed by atoms with van der Waals surface area (Å²) in [7, 11) is 0. The average molecular weight is 239 g/mol. The van der Waals surface area contributed by atoms with Crippen LogP contribution >= 0.6 is 0 Å². The summed E-state index contributed by atoms with van der Waals surface area (Å²) >= 11 is 0. The van der Waals surface area contributed by atoms with Gasteiger partial charge in [0.15, 0.2) is 0 Å². The first kappa shape index (κ1) is 14.3. The second-order valence-electron chi connectivity index (χ2n) is 7.22. The molecule has 1 atom stereocenters. The highest BCUT2D eigenvalue weighted by molar-refractivity contribution is 5.58. The normalized spacial score (nSPS) is 21.5. The van der Waals surface area contributed by atoms with Gasteiger partial charge < -0.3 is 4.90 Å². The molecule has 1 unspecified atom stereocenters. The molecule has 0 aromatic carbocycles. The molecular formula is C14H29N3. The SMILES string of the molecule is CCCN1N=CN(C(C)(C)C)C1CC(C)(C)C. The van der Waals surface area contributed by atoms with Gasteiger partial charge >= 0.3 is 0 Å². The fourth-order valence-electron chi connectivity index (χ4n) is 2.23. The van der Waals surface area contributed by atoms with Gasteiger partial charge in [0.25, 0.3) is 0 Å². The molecule has 0 bridgehead atoms. The Morgan fingerprint density at radius 2 is 1.71 bits per heavy atom. The number of hydrogen-bond donors (Lipinski definition) is 0. The van der Waals surface area contributed by atoms with Gasteiger partial charge in [-0.25, -0.2) is 0 Å². The summed E-state index contributed by atoms with van der Waals surface area (Å²) in [6.45, 7) is 16.9. The van der Waals surface area contributed by atoms with Crippen LogP contribution < -0.4 is 0 Å². The van der Waals surface area contributed by atoms with Crippen LogP contribution in [0.1, 0.15) is 61.3 Å². The van der Waals surface area contributed by atoms with Crippen molar-refractivity contribution in [2.75, 3.05) is 6.54 Å². The van der Waals surface area contributed by atoms with E-state index in [9.17, 15) is 0 Å². The molecule has 17 heavy (non-hydrogen) atoms. The number of rotatable bonds is 3. The van der Waals surface area contributed by atoms with Gasteiger partial charge in [-0.15, -0.1) is 0 Å². The van der Waals surface area contributed by atoms with Crippen LogP contribution in [0.25, 0.3) is 0 Å². The van der Waals surface area contributed by atoms with E-state index >= 15 is 0 Å². The van der Waals surface area contributed by atoms with Crippen molar-refractivity contribution in [2.24, 2.45) is 10.5 Å². The fraction of sp³-hybridized carbons (Fsp3) is 0.929. The number of nitrogens with zero attached hydrogens (tertiary/aromatic N) is 3. The molecule has 1 aliphatic heterocycles. The van der Waals surface area contributed by atoms with Crippen molar-refractivity contribution in [1.82, 2.24) is 9.91 Å². The molecule has 0 aromatic rings. The fourth-order valence-corrected chi connectivity index (χ4v) is 2.23. The summed E-state index contributed by atoms with van der Waals surface area (Å²) in [4.78, 5) is 2.40. The molecule has 100 valence electrons. The molecule has 1 aliphatic rings. The van der Waals surface area contributed by atoms with Gasteiger partial charge in [0.05, 0.1) is 0 Å². The van der Waals surface area contributed by atoms with E-state index in [1.165, 1.54) is 0 Å². The first-order chi connectivity index (χ1) is 7.65. The Morgan fingerprint density at radius 3 is 2.12 bits per heavy atom. The van der Waals surface area contributed by atoms with Crippen LogP contribution in [0.2, 0.25) is 0 Å². The molecule has 0 aromatic heterocycles. The third-order valence-electron chi connectivity index (χ3n) is 3.01. The zero-order chi connectivity index (χ0) is 13.3. The van der Waals surface area contributed by atoms with Gasteiger partial charge in [0, 0.05) is 12.1 Å². The molecule has 3 nitrogen and oxygen atoms in total. The van der Waals surface area contributed by atoms with Crippen molar-refractivity contribution in [3.8, 4) is 0 Å². The Hall–Kier alpha value is -0.730. The van der Waals surface area contributed by atoms with E-state index in [2.05, 4.69) is 63.5 Å². The van der Waals surface area contributed by atoms with E-state index in [1.54, 1.807) is 0 Å². The Labute approximate surface area is 107 Å². The first-order valence-electron chi connectivity index (χ1n) is 6.74. The Kier molecular flexibility index (Phi) is 4.11. The van der Waals surface area contributed by atoms with Gasteiger partial charge in [-0.05, 0) is 39.0 Å². The summed E-state index contributed by atoms with van der Waals surface area (Å²) in [6, 6.07) is 0. The molecule has 0 fully saturated rings.